The van der Waals surface area contributed by atoms with Gasteiger partial charge in [-0.3, -0.25) is 10.8 Å². The molecule has 166 valence electrons. The predicted octanol–water partition coefficient (Wildman–Crippen LogP) is 2.86. The summed E-state index contributed by atoms with van der Waals surface area (Å²) >= 11 is 0. The number of hydrogen-bond acceptors (Lipinski definition) is 6. The highest BCUT2D eigenvalue weighted by Gasteiger charge is 2.20. The number of tetrazole rings is 1. The lowest BCUT2D eigenvalue weighted by atomic mass is 10.0. The fourth-order valence-electron chi connectivity index (χ4n) is 3.66. The van der Waals surface area contributed by atoms with Gasteiger partial charge < -0.3 is 0 Å². The number of hydrogen-bond donors (Lipinski definition) is 2. The maximum atomic E-state index is 5.91. The maximum Gasteiger partial charge on any atom is 0.354 e. The van der Waals surface area contributed by atoms with E-state index in [4.69, 9.17) is 20.9 Å². The largest absolute Gasteiger partial charge is 0.354 e. The monoisotopic (exact) mass is 432 g/mol. The van der Waals surface area contributed by atoms with Gasteiger partial charge in [-0.1, -0.05) is 55.7 Å². The quantitative estimate of drug-likeness (QED) is 0.294. The lowest BCUT2D eigenvalue weighted by molar-refractivity contribution is -0.690. The Morgan fingerprint density at radius 1 is 1.00 bits per heavy atom. The van der Waals surface area contributed by atoms with Gasteiger partial charge in [-0.15, -0.1) is 0 Å². The summed E-state index contributed by atoms with van der Waals surface area (Å²) in [6.07, 6.45) is 8.29. The molecule has 0 unspecified atom stereocenters. The van der Waals surface area contributed by atoms with E-state index in [0.29, 0.717) is 12.4 Å². The summed E-state index contributed by atoms with van der Waals surface area (Å²) in [5, 5.41) is 15.3. The van der Waals surface area contributed by atoms with E-state index >= 15 is 0 Å². The van der Waals surface area contributed by atoms with Crippen molar-refractivity contribution in [1.29, 1.82) is 0 Å². The number of unbranched alkanes of at least 4 members (excludes halogenated alkanes) is 2. The van der Waals surface area contributed by atoms with Crippen LogP contribution in [0.25, 0.3) is 22.6 Å². The Morgan fingerprint density at radius 2 is 1.78 bits per heavy atom. The summed E-state index contributed by atoms with van der Waals surface area (Å²) in [5.74, 6) is 8.47. The van der Waals surface area contributed by atoms with Crippen LogP contribution in [0.5, 0.6) is 0 Å². The van der Waals surface area contributed by atoms with Crippen LogP contribution in [-0.2, 0) is 19.4 Å². The van der Waals surface area contributed by atoms with E-state index < -0.39 is 0 Å². The van der Waals surface area contributed by atoms with Gasteiger partial charge >= 0.3 is 5.82 Å². The Hall–Kier alpha value is -3.62. The molecule has 0 aliphatic heterocycles. The van der Waals surface area contributed by atoms with Crippen molar-refractivity contribution in [3.8, 4) is 22.6 Å². The topological polar surface area (TPSA) is 115 Å². The molecule has 0 amide bonds. The number of nitrogens with one attached hydrogen (secondary N) is 1. The number of nitrogens with two attached hydrogens (primary N) is 1. The van der Waals surface area contributed by atoms with Crippen LogP contribution in [-0.4, -0.2) is 35.3 Å². The van der Waals surface area contributed by atoms with Crippen LogP contribution in [0.15, 0.2) is 42.6 Å². The zero-order valence-corrected chi connectivity index (χ0v) is 18.7. The Bertz CT molecular complexity index is 1140. The fraction of sp³-hybridized carbons (Fsp3) is 0.391. The number of aryl methyl sites for hydroxylation is 2. The summed E-state index contributed by atoms with van der Waals surface area (Å²) in [4.78, 5) is 10.8. The number of aromatic nitrogens is 8. The molecule has 0 radical (unpaired) electrons. The Balaban J connectivity index is 1.57. The molecule has 4 rings (SSSR count). The second-order valence-electron chi connectivity index (χ2n) is 7.90. The van der Waals surface area contributed by atoms with E-state index in [-0.39, 0.29) is 0 Å². The third kappa shape index (κ3) is 4.82. The molecule has 3 heterocycles. The van der Waals surface area contributed by atoms with Gasteiger partial charge in [0, 0.05) is 24.6 Å². The highest BCUT2D eigenvalue weighted by Crippen LogP contribution is 2.27. The first-order valence-electron chi connectivity index (χ1n) is 11.2. The van der Waals surface area contributed by atoms with Gasteiger partial charge in [-0.25, -0.2) is 9.67 Å². The predicted molar refractivity (Wildman–Crippen MR) is 122 cm³/mol. The van der Waals surface area contributed by atoms with E-state index in [0.717, 1.165) is 72.6 Å². The first-order valence-corrected chi connectivity index (χ1v) is 11.2. The molecule has 1 aromatic carbocycles. The van der Waals surface area contributed by atoms with Gasteiger partial charge in [-0.05, 0) is 35.8 Å². The summed E-state index contributed by atoms with van der Waals surface area (Å²) < 4.78 is 2.04. The molecule has 9 heteroatoms. The Morgan fingerprint density at radius 3 is 2.47 bits per heavy atom. The van der Waals surface area contributed by atoms with Crippen molar-refractivity contribution in [2.75, 3.05) is 5.84 Å². The van der Waals surface area contributed by atoms with Gasteiger partial charge in [0.2, 0.25) is 0 Å². The van der Waals surface area contributed by atoms with E-state index in [9.17, 15) is 0 Å². The number of H-pyrrole nitrogens is 1. The lowest BCUT2D eigenvalue weighted by Crippen LogP contribution is -2.48. The molecule has 32 heavy (non-hydrogen) atoms. The molecule has 0 atom stereocenters. The highest BCUT2D eigenvalue weighted by molar-refractivity contribution is 5.77. The molecule has 9 nitrogen and oxygen atoms in total. The Labute approximate surface area is 187 Å². The molecule has 0 bridgehead atoms. The minimum absolute atomic E-state index is 0.550. The first-order chi connectivity index (χ1) is 15.7. The average molecular weight is 433 g/mol. The molecule has 3 aromatic heterocycles. The fourth-order valence-corrected chi connectivity index (χ4v) is 3.66. The van der Waals surface area contributed by atoms with E-state index in [1.54, 1.807) is 0 Å². The molecule has 0 saturated heterocycles. The smallest absolute Gasteiger partial charge is 0.271 e. The van der Waals surface area contributed by atoms with Crippen LogP contribution in [0.4, 0.5) is 0 Å². The molecule has 0 aliphatic carbocycles. The third-order valence-corrected chi connectivity index (χ3v) is 5.43. The zero-order chi connectivity index (χ0) is 22.3. The second-order valence-corrected chi connectivity index (χ2v) is 7.90. The van der Waals surface area contributed by atoms with E-state index in [2.05, 4.69) is 35.4 Å². The summed E-state index contributed by atoms with van der Waals surface area (Å²) in [6.45, 7) is 5.06. The van der Waals surface area contributed by atoms with Crippen LogP contribution >= 0.6 is 0 Å². The summed E-state index contributed by atoms with van der Waals surface area (Å²) in [5.41, 5.74) is 3.74. The number of rotatable bonds is 10. The standard InChI is InChI=1S/C23H29N9/c1-3-5-11-21-26-22(12-6-4-2)31(28-21)16-17-13-14-20(25-15-17)18-9-7-8-10-19(18)23-27-29-30-32(23)24/h7-10,13-15H,3-6,11-12,16,24H2,1-2H3/p+1. The maximum absolute atomic E-state index is 5.91. The molecule has 0 aliphatic rings. The highest BCUT2D eigenvalue weighted by atomic mass is 15.6. The van der Waals surface area contributed by atoms with Gasteiger partial charge in [-0.2, -0.15) is 5.10 Å². The van der Waals surface area contributed by atoms with Crippen LogP contribution in [0.2, 0.25) is 0 Å². The van der Waals surface area contributed by atoms with Gasteiger partial charge in [0.1, 0.15) is 10.9 Å². The Kier molecular flexibility index (Phi) is 6.84. The van der Waals surface area contributed by atoms with Crippen molar-refractivity contribution in [2.45, 2.75) is 58.9 Å². The molecular weight excluding hydrogens is 402 g/mol. The van der Waals surface area contributed by atoms with Crippen LogP contribution in [0.3, 0.4) is 0 Å². The number of nitrogens with zero attached hydrogens (tertiary/aromatic N) is 7. The number of benzene rings is 1. The van der Waals surface area contributed by atoms with Crippen molar-refractivity contribution >= 4 is 0 Å². The first kappa shape index (κ1) is 21.6. The normalized spacial score (nSPS) is 11.2. The number of pyridine rings is 1. The van der Waals surface area contributed by atoms with Crippen LogP contribution < -0.4 is 10.6 Å². The van der Waals surface area contributed by atoms with Gasteiger partial charge in [0.15, 0.2) is 11.0 Å². The van der Waals surface area contributed by atoms with Crippen molar-refractivity contribution < 1.29 is 4.79 Å². The second kappa shape index (κ2) is 10.1. The summed E-state index contributed by atoms with van der Waals surface area (Å²) in [7, 11) is 0. The SMILES string of the molecule is CCCCc1nc(CCCC)n(Cc2ccc(-c3ccccc3-c3nn[nH][n+]3N)nc2)n1. The van der Waals surface area contributed by atoms with Crippen molar-refractivity contribution in [3.63, 3.8) is 0 Å². The van der Waals surface area contributed by atoms with Gasteiger partial charge in [0.05, 0.1) is 17.8 Å². The number of aromatic amines is 1. The van der Waals surface area contributed by atoms with Crippen LogP contribution in [0, 0.1) is 0 Å². The molecule has 0 saturated carbocycles. The molecule has 4 aromatic rings. The molecule has 0 fully saturated rings. The molecular formula is C23H30N9+. The molecule has 3 N–H and O–H groups in total. The average Bonchev–Trinajstić information content (AvgIpc) is 3.42. The van der Waals surface area contributed by atoms with Crippen LogP contribution in [0.1, 0.15) is 56.7 Å². The minimum Gasteiger partial charge on any atom is -0.271 e. The van der Waals surface area contributed by atoms with Crippen molar-refractivity contribution in [1.82, 2.24) is 35.3 Å². The van der Waals surface area contributed by atoms with E-state index in [1.807, 2.05) is 41.2 Å². The number of nitrogen functional groups attached to an aromatic ring is 1. The molecule has 0 spiro atoms. The lowest BCUT2D eigenvalue weighted by Gasteiger charge is -2.08. The van der Waals surface area contributed by atoms with E-state index in [1.165, 1.54) is 4.79 Å². The zero-order valence-electron chi connectivity index (χ0n) is 18.7. The minimum atomic E-state index is 0.550. The summed E-state index contributed by atoms with van der Waals surface area (Å²) in [6, 6.07) is 12.0. The third-order valence-electron chi connectivity index (χ3n) is 5.43. The van der Waals surface area contributed by atoms with Crippen molar-refractivity contribution in [3.05, 3.63) is 59.8 Å². The van der Waals surface area contributed by atoms with Gasteiger partial charge in [0.25, 0.3) is 0 Å². The van der Waals surface area contributed by atoms with Crippen molar-refractivity contribution in [2.24, 2.45) is 0 Å².